The lowest BCUT2D eigenvalue weighted by molar-refractivity contribution is -0.158. The number of rotatable bonds is 5. The number of anilines is 2. The molecule has 1 unspecified atom stereocenters. The zero-order valence-electron chi connectivity index (χ0n) is 18.2. The number of carbonyl (C=O) groups excluding carboxylic acids is 2. The number of halogens is 5. The Kier molecular flexibility index (Phi) is 6.54. The largest absolute Gasteiger partial charge is 0.453 e. The number of esters is 1. The zero-order valence-corrected chi connectivity index (χ0v) is 18.2. The van der Waals surface area contributed by atoms with E-state index in [9.17, 15) is 31.5 Å². The van der Waals surface area contributed by atoms with Gasteiger partial charge in [0.2, 0.25) is 0 Å². The summed E-state index contributed by atoms with van der Waals surface area (Å²) in [5.41, 5.74) is -0.300. The number of alkyl halides is 3. The summed E-state index contributed by atoms with van der Waals surface area (Å²) in [6.07, 6.45) is -5.32. The molecule has 1 aliphatic heterocycles. The van der Waals surface area contributed by atoms with Gasteiger partial charge in [0.1, 0.15) is 17.5 Å². The van der Waals surface area contributed by atoms with Crippen molar-refractivity contribution in [3.05, 3.63) is 47.8 Å². The molecule has 9 nitrogen and oxygen atoms in total. The Morgan fingerprint density at radius 1 is 1.11 bits per heavy atom. The molecule has 1 N–H and O–H groups in total. The lowest BCUT2D eigenvalue weighted by Crippen LogP contribution is -2.39. The number of benzene rings is 1. The van der Waals surface area contributed by atoms with E-state index in [-0.39, 0.29) is 17.2 Å². The van der Waals surface area contributed by atoms with Crippen molar-refractivity contribution in [2.24, 2.45) is 5.92 Å². The van der Waals surface area contributed by atoms with E-state index in [1.165, 1.54) is 19.1 Å². The monoisotopic (exact) mass is 498 g/mol. The van der Waals surface area contributed by atoms with Gasteiger partial charge in [-0.2, -0.15) is 17.7 Å². The van der Waals surface area contributed by atoms with Gasteiger partial charge in [-0.25, -0.2) is 8.78 Å². The Hall–Kier alpha value is -3.84. The average molecular weight is 498 g/mol. The van der Waals surface area contributed by atoms with Gasteiger partial charge in [0.15, 0.2) is 11.8 Å². The summed E-state index contributed by atoms with van der Waals surface area (Å²) in [6, 6.07) is 5.53. The van der Waals surface area contributed by atoms with Gasteiger partial charge in [-0.05, 0) is 44.0 Å². The first-order chi connectivity index (χ1) is 16.5. The Morgan fingerprint density at radius 3 is 2.49 bits per heavy atom. The van der Waals surface area contributed by atoms with Crippen molar-refractivity contribution in [2.75, 3.05) is 23.3 Å². The third-order valence-electron chi connectivity index (χ3n) is 5.51. The minimum atomic E-state index is -4.72. The Labute approximate surface area is 194 Å². The topological polar surface area (TPSA) is 102 Å². The fourth-order valence-corrected chi connectivity index (χ4v) is 3.62. The van der Waals surface area contributed by atoms with Crippen molar-refractivity contribution in [3.8, 4) is 0 Å². The molecule has 186 valence electrons. The van der Waals surface area contributed by atoms with Crippen LogP contribution in [0.5, 0.6) is 0 Å². The van der Waals surface area contributed by atoms with Gasteiger partial charge >= 0.3 is 12.1 Å². The van der Waals surface area contributed by atoms with E-state index in [2.05, 4.69) is 20.6 Å². The van der Waals surface area contributed by atoms with Gasteiger partial charge in [0.05, 0.1) is 11.6 Å². The molecule has 0 spiro atoms. The van der Waals surface area contributed by atoms with E-state index in [1.54, 1.807) is 4.90 Å². The number of hydrogen-bond donors (Lipinski definition) is 1. The van der Waals surface area contributed by atoms with Gasteiger partial charge in [-0.15, -0.1) is 15.3 Å². The predicted octanol–water partition coefficient (Wildman–Crippen LogP) is 3.21. The first-order valence-corrected chi connectivity index (χ1v) is 10.5. The summed E-state index contributed by atoms with van der Waals surface area (Å²) in [6.45, 7) is 1.94. The minimum absolute atomic E-state index is 0.0488. The second-order valence-corrected chi connectivity index (χ2v) is 7.94. The van der Waals surface area contributed by atoms with Crippen LogP contribution in [0.25, 0.3) is 5.65 Å². The molecule has 1 aromatic carbocycles. The molecule has 0 saturated carbocycles. The highest BCUT2D eigenvalue weighted by Gasteiger charge is 2.38. The van der Waals surface area contributed by atoms with E-state index < -0.39 is 47.5 Å². The molecule has 2 aromatic heterocycles. The van der Waals surface area contributed by atoms with Crippen molar-refractivity contribution >= 4 is 29.0 Å². The zero-order chi connectivity index (χ0) is 25.3. The van der Waals surface area contributed by atoms with Gasteiger partial charge in [-0.3, -0.25) is 9.59 Å². The Balaban J connectivity index is 1.33. The minimum Gasteiger partial charge on any atom is -0.452 e. The third-order valence-corrected chi connectivity index (χ3v) is 5.51. The van der Waals surface area contributed by atoms with E-state index in [0.29, 0.717) is 36.5 Å². The molecule has 4 rings (SSSR count). The molecule has 1 atom stereocenters. The summed E-state index contributed by atoms with van der Waals surface area (Å²) in [5, 5.41) is 12.8. The number of amides is 1. The molecule has 35 heavy (non-hydrogen) atoms. The normalized spacial score (nSPS) is 15.8. The summed E-state index contributed by atoms with van der Waals surface area (Å²) in [7, 11) is 0. The predicted molar refractivity (Wildman–Crippen MR) is 111 cm³/mol. The number of piperidine rings is 1. The summed E-state index contributed by atoms with van der Waals surface area (Å²) in [4.78, 5) is 26.5. The first-order valence-electron chi connectivity index (χ1n) is 10.5. The third kappa shape index (κ3) is 5.30. The summed E-state index contributed by atoms with van der Waals surface area (Å²) in [5.74, 6) is -4.70. The molecule has 1 fully saturated rings. The second-order valence-electron chi connectivity index (χ2n) is 7.94. The number of ether oxygens (including phenoxy) is 1. The first kappa shape index (κ1) is 24.3. The molecule has 0 radical (unpaired) electrons. The van der Waals surface area contributed by atoms with Gasteiger partial charge in [-0.1, -0.05) is 0 Å². The van der Waals surface area contributed by atoms with Crippen LogP contribution in [0.15, 0.2) is 30.3 Å². The van der Waals surface area contributed by atoms with Crippen LogP contribution in [0.3, 0.4) is 0 Å². The van der Waals surface area contributed by atoms with Crippen LogP contribution in [0.2, 0.25) is 0 Å². The number of fused-ring (bicyclic) bond motifs is 1. The van der Waals surface area contributed by atoms with E-state index in [4.69, 9.17) is 4.74 Å². The number of nitrogens with zero attached hydrogens (tertiary/aromatic N) is 5. The fraction of sp³-hybridized carbons (Fsp3) is 0.381. The van der Waals surface area contributed by atoms with E-state index >= 15 is 0 Å². The SMILES string of the molecule is CC(OC(=O)C1CCN(c2ccc3nnc(C(F)(F)F)n3n2)CC1)C(=O)Nc1ccc(F)cc1F. The van der Waals surface area contributed by atoms with Crippen molar-refractivity contribution in [1.82, 2.24) is 19.8 Å². The van der Waals surface area contributed by atoms with Crippen molar-refractivity contribution in [2.45, 2.75) is 32.0 Å². The van der Waals surface area contributed by atoms with Crippen LogP contribution in [0, 0.1) is 17.6 Å². The average Bonchev–Trinajstić information content (AvgIpc) is 3.25. The molecule has 1 amide bonds. The molecular weight excluding hydrogens is 479 g/mol. The van der Waals surface area contributed by atoms with E-state index in [1.807, 2.05) is 0 Å². The highest BCUT2D eigenvalue weighted by molar-refractivity contribution is 5.95. The molecule has 1 aliphatic rings. The second kappa shape index (κ2) is 9.43. The smallest absolute Gasteiger partial charge is 0.452 e. The van der Waals surface area contributed by atoms with Gasteiger partial charge in [0, 0.05) is 19.2 Å². The summed E-state index contributed by atoms with van der Waals surface area (Å²) < 4.78 is 71.8. The van der Waals surface area contributed by atoms with Gasteiger partial charge < -0.3 is 15.0 Å². The maximum absolute atomic E-state index is 13.7. The highest BCUT2D eigenvalue weighted by Crippen LogP contribution is 2.29. The number of carbonyl (C=O) groups is 2. The van der Waals surface area contributed by atoms with Crippen LogP contribution >= 0.6 is 0 Å². The fourth-order valence-electron chi connectivity index (χ4n) is 3.62. The number of hydrogen-bond acceptors (Lipinski definition) is 7. The molecule has 3 aromatic rings. The lowest BCUT2D eigenvalue weighted by atomic mass is 9.97. The van der Waals surface area contributed by atoms with E-state index in [0.717, 1.165) is 12.1 Å². The van der Waals surface area contributed by atoms with Crippen LogP contribution in [-0.2, 0) is 20.5 Å². The standard InChI is InChI=1S/C21H19F5N6O3/c1-11(18(33)27-15-3-2-13(22)10-14(15)23)35-19(34)12-6-8-31(9-7-12)17-5-4-16-28-29-20(21(24,25)26)32(16)30-17/h2-5,10-12H,6-9H2,1H3,(H,27,33). The van der Waals surface area contributed by atoms with Crippen LogP contribution in [-0.4, -0.2) is 50.9 Å². The van der Waals surface area contributed by atoms with Crippen molar-refractivity contribution in [3.63, 3.8) is 0 Å². The quantitative estimate of drug-likeness (QED) is 0.426. The van der Waals surface area contributed by atoms with Crippen LogP contribution < -0.4 is 10.2 Å². The maximum Gasteiger partial charge on any atom is 0.453 e. The number of aromatic nitrogens is 4. The van der Waals surface area contributed by atoms with Gasteiger partial charge in [0.25, 0.3) is 11.7 Å². The molecular formula is C21H19F5N6O3. The van der Waals surface area contributed by atoms with Crippen LogP contribution in [0.1, 0.15) is 25.6 Å². The van der Waals surface area contributed by atoms with Crippen molar-refractivity contribution in [1.29, 1.82) is 0 Å². The maximum atomic E-state index is 13.7. The lowest BCUT2D eigenvalue weighted by Gasteiger charge is -2.32. The molecule has 0 aliphatic carbocycles. The molecule has 0 bridgehead atoms. The molecule has 1 saturated heterocycles. The van der Waals surface area contributed by atoms with Crippen molar-refractivity contribution < 1.29 is 36.3 Å². The summed E-state index contributed by atoms with van der Waals surface area (Å²) >= 11 is 0. The highest BCUT2D eigenvalue weighted by atomic mass is 19.4. The Bertz CT molecular complexity index is 1260. The van der Waals surface area contributed by atoms with Crippen LogP contribution in [0.4, 0.5) is 33.5 Å². The molecule has 3 heterocycles. The molecule has 14 heteroatoms. The Morgan fingerprint density at radius 2 is 1.83 bits per heavy atom. The number of nitrogens with one attached hydrogen (secondary N) is 1.